The van der Waals surface area contributed by atoms with Crippen molar-refractivity contribution in [3.63, 3.8) is 0 Å². The molecule has 4 heterocycles. The molecule has 35 heavy (non-hydrogen) atoms. The van der Waals surface area contributed by atoms with Gasteiger partial charge < -0.3 is 15.0 Å². The molecule has 186 valence electrons. The monoisotopic (exact) mass is 499 g/mol. The van der Waals surface area contributed by atoms with Gasteiger partial charge in [0.05, 0.1) is 29.3 Å². The van der Waals surface area contributed by atoms with Gasteiger partial charge in [0.25, 0.3) is 5.92 Å². The molecule has 1 saturated heterocycles. The number of halogens is 5. The van der Waals surface area contributed by atoms with E-state index in [0.717, 1.165) is 0 Å². The quantitative estimate of drug-likeness (QED) is 0.421. The highest BCUT2D eigenvalue weighted by Crippen LogP contribution is 2.34. The maximum absolute atomic E-state index is 14.6. The number of fused-ring (bicyclic) bond motifs is 2. The van der Waals surface area contributed by atoms with Crippen molar-refractivity contribution in [2.24, 2.45) is 0 Å². The Labute approximate surface area is 199 Å². The van der Waals surface area contributed by atoms with E-state index in [-0.39, 0.29) is 28.9 Å². The summed E-state index contributed by atoms with van der Waals surface area (Å²) in [5, 5.41) is 14.1. The van der Waals surface area contributed by atoms with Crippen LogP contribution in [-0.2, 0) is 6.54 Å². The van der Waals surface area contributed by atoms with Gasteiger partial charge in [-0.25, -0.2) is 18.0 Å². The number of anilines is 1. The first-order valence-corrected chi connectivity index (χ1v) is 10.5. The minimum atomic E-state index is -4.53. The summed E-state index contributed by atoms with van der Waals surface area (Å²) < 4.78 is 97.8. The summed E-state index contributed by atoms with van der Waals surface area (Å²) in [7, 11) is -1.36. The van der Waals surface area contributed by atoms with E-state index in [9.17, 15) is 22.0 Å². The molecule has 0 saturated carbocycles. The van der Waals surface area contributed by atoms with Crippen molar-refractivity contribution in [3.8, 4) is 17.0 Å². The molecule has 1 aromatic carbocycles. The van der Waals surface area contributed by atoms with Crippen LogP contribution in [-0.4, -0.2) is 79.8 Å². The number of hydrogen-bond donors (Lipinski definition) is 1. The molecule has 3 aromatic heterocycles. The Balaban J connectivity index is 1.58. The third-order valence-electron chi connectivity index (χ3n) is 5.82. The van der Waals surface area contributed by atoms with Crippen LogP contribution in [0.15, 0.2) is 30.5 Å². The normalized spacial score (nSPS) is 20.5. The van der Waals surface area contributed by atoms with Crippen molar-refractivity contribution >= 4 is 22.5 Å². The number of rotatable bonds is 5. The predicted molar refractivity (Wildman–Crippen MR) is 117 cm³/mol. The predicted octanol–water partition coefficient (Wildman–Crippen LogP) is 3.46. The standard InChI is InChI=1S/C21H21F5N8O/c1-32-7-6-16(20(22,23)10-32)27-19-28-18(35-2)17-13(5-8-33(17)30-19)12-3-4-14-15(9-12)34(31-29-14)11-21(24,25)26/h3-5,8-9,16H,6-7,10-11H2,1-2H3,(H,27,30)/i2D3. The summed E-state index contributed by atoms with van der Waals surface area (Å²) in [5.74, 6) is -3.78. The highest BCUT2D eigenvalue weighted by atomic mass is 19.4. The Morgan fingerprint density at radius 1 is 1.29 bits per heavy atom. The summed E-state index contributed by atoms with van der Waals surface area (Å²) >= 11 is 0. The van der Waals surface area contributed by atoms with Gasteiger partial charge in [-0.2, -0.15) is 18.2 Å². The first-order valence-electron chi connectivity index (χ1n) is 12.0. The van der Waals surface area contributed by atoms with Crippen LogP contribution < -0.4 is 10.1 Å². The number of aromatic nitrogens is 6. The summed E-state index contributed by atoms with van der Waals surface area (Å²) in [6, 6.07) is 4.69. The fourth-order valence-electron chi connectivity index (χ4n) is 4.22. The van der Waals surface area contributed by atoms with Crippen LogP contribution in [0, 0.1) is 0 Å². The molecule has 1 N–H and O–H groups in total. The number of ether oxygens (including phenoxy) is 1. The van der Waals surface area contributed by atoms with Crippen LogP contribution in [0.4, 0.5) is 27.9 Å². The van der Waals surface area contributed by atoms with E-state index >= 15 is 0 Å². The lowest BCUT2D eigenvalue weighted by molar-refractivity contribution is -0.142. The minimum Gasteiger partial charge on any atom is -0.479 e. The second-order valence-corrected chi connectivity index (χ2v) is 8.42. The topological polar surface area (TPSA) is 85.4 Å². The number of piperidine rings is 1. The largest absolute Gasteiger partial charge is 0.479 e. The minimum absolute atomic E-state index is 0.0796. The SMILES string of the molecule is [2H]C([2H])([2H])Oc1nc(NC2CCN(C)CC2(F)F)nn2ccc(-c3ccc4nnn(CC(F)(F)F)c4c3)c12. The molecule has 1 atom stereocenters. The van der Waals surface area contributed by atoms with Crippen LogP contribution in [0.3, 0.4) is 0 Å². The molecule has 0 bridgehead atoms. The van der Waals surface area contributed by atoms with Gasteiger partial charge in [0.2, 0.25) is 11.8 Å². The molecule has 1 unspecified atom stereocenters. The molecule has 0 spiro atoms. The number of likely N-dealkylation sites (tertiary alicyclic amines) is 1. The van der Waals surface area contributed by atoms with Crippen molar-refractivity contribution in [3.05, 3.63) is 30.5 Å². The van der Waals surface area contributed by atoms with E-state index in [1.54, 1.807) is 13.1 Å². The van der Waals surface area contributed by atoms with Crippen molar-refractivity contribution < 1.29 is 30.8 Å². The van der Waals surface area contributed by atoms with Gasteiger partial charge in [-0.3, -0.25) is 0 Å². The zero-order valence-corrected chi connectivity index (χ0v) is 18.2. The molecule has 0 radical (unpaired) electrons. The van der Waals surface area contributed by atoms with E-state index in [1.807, 2.05) is 0 Å². The maximum atomic E-state index is 14.6. The molecule has 0 amide bonds. The summed E-state index contributed by atoms with van der Waals surface area (Å²) in [6.07, 6.45) is -2.99. The van der Waals surface area contributed by atoms with Crippen molar-refractivity contribution in [1.82, 2.24) is 34.5 Å². The van der Waals surface area contributed by atoms with Gasteiger partial charge in [0.1, 0.15) is 17.6 Å². The average molecular weight is 499 g/mol. The van der Waals surface area contributed by atoms with E-state index in [1.165, 1.54) is 33.8 Å². The third-order valence-corrected chi connectivity index (χ3v) is 5.82. The molecular formula is C21H21F5N8O. The molecule has 9 nitrogen and oxygen atoms in total. The van der Waals surface area contributed by atoms with Gasteiger partial charge in [-0.1, -0.05) is 11.3 Å². The van der Waals surface area contributed by atoms with Gasteiger partial charge in [-0.05, 0) is 37.2 Å². The summed E-state index contributed by atoms with van der Waals surface area (Å²) in [5.41, 5.74) is 1.12. The second-order valence-electron chi connectivity index (χ2n) is 8.42. The molecule has 1 aliphatic rings. The summed E-state index contributed by atoms with van der Waals surface area (Å²) in [6.45, 7) is -1.41. The Hall–Kier alpha value is -3.55. The Morgan fingerprint density at radius 2 is 2.11 bits per heavy atom. The number of hydrogen-bond acceptors (Lipinski definition) is 7. The Bertz CT molecular complexity index is 1490. The Kier molecular flexibility index (Phi) is 4.67. The van der Waals surface area contributed by atoms with E-state index in [2.05, 4.69) is 25.7 Å². The molecule has 1 aliphatic heterocycles. The molecule has 0 aliphatic carbocycles. The fourth-order valence-corrected chi connectivity index (χ4v) is 4.22. The third kappa shape index (κ3) is 4.45. The maximum Gasteiger partial charge on any atom is 0.408 e. The van der Waals surface area contributed by atoms with Gasteiger partial charge >= 0.3 is 6.18 Å². The number of methoxy groups -OCH3 is 1. The van der Waals surface area contributed by atoms with Crippen LogP contribution in [0.2, 0.25) is 0 Å². The first kappa shape index (κ1) is 19.7. The number of alkyl halides is 5. The zero-order chi connectivity index (χ0) is 27.5. The highest BCUT2D eigenvalue weighted by Gasteiger charge is 2.44. The average Bonchev–Trinajstić information content (AvgIpc) is 3.37. The smallest absolute Gasteiger partial charge is 0.408 e. The molecular weight excluding hydrogens is 475 g/mol. The lowest BCUT2D eigenvalue weighted by atomic mass is 10.0. The van der Waals surface area contributed by atoms with Crippen LogP contribution in [0.5, 0.6) is 5.88 Å². The molecule has 5 rings (SSSR count). The summed E-state index contributed by atoms with van der Waals surface area (Å²) in [4.78, 5) is 5.59. The van der Waals surface area contributed by atoms with Gasteiger partial charge in [-0.15, -0.1) is 10.2 Å². The Morgan fingerprint density at radius 3 is 2.86 bits per heavy atom. The first-order chi connectivity index (χ1) is 17.7. The zero-order valence-electron chi connectivity index (χ0n) is 21.2. The van der Waals surface area contributed by atoms with E-state index in [0.29, 0.717) is 22.4 Å². The van der Waals surface area contributed by atoms with Crippen molar-refractivity contribution in [1.29, 1.82) is 0 Å². The highest BCUT2D eigenvalue weighted by molar-refractivity contribution is 5.89. The van der Waals surface area contributed by atoms with Gasteiger partial charge in [0.15, 0.2) is 0 Å². The fraction of sp³-hybridized carbons (Fsp3) is 0.429. The van der Waals surface area contributed by atoms with E-state index in [4.69, 9.17) is 8.85 Å². The lowest BCUT2D eigenvalue weighted by Crippen LogP contribution is -2.53. The van der Waals surface area contributed by atoms with Gasteiger partial charge in [0, 0.05) is 18.3 Å². The lowest BCUT2D eigenvalue weighted by Gasteiger charge is -2.36. The van der Waals surface area contributed by atoms with Crippen LogP contribution >= 0.6 is 0 Å². The number of nitrogens with zero attached hydrogens (tertiary/aromatic N) is 7. The molecule has 1 fully saturated rings. The van der Waals surface area contributed by atoms with Crippen molar-refractivity contribution in [2.75, 3.05) is 32.5 Å². The van der Waals surface area contributed by atoms with Crippen molar-refractivity contribution in [2.45, 2.75) is 31.1 Å². The molecule has 4 aromatic rings. The van der Waals surface area contributed by atoms with Crippen LogP contribution in [0.1, 0.15) is 10.5 Å². The van der Waals surface area contributed by atoms with E-state index < -0.39 is 44.1 Å². The van der Waals surface area contributed by atoms with Crippen LogP contribution in [0.25, 0.3) is 27.7 Å². The number of nitrogens with one attached hydrogen (secondary N) is 1. The number of benzene rings is 1. The second kappa shape index (κ2) is 8.29. The molecule has 14 heteroatoms.